The maximum absolute atomic E-state index is 12.9. The third kappa shape index (κ3) is 8.85. The molecule has 4 N–H and O–H groups in total. The largest absolute Gasteiger partial charge is 0.768 e. The van der Waals surface area contributed by atoms with Gasteiger partial charge in [0.2, 0.25) is 5.91 Å². The van der Waals surface area contributed by atoms with Crippen LogP contribution in [0.4, 0.5) is 19.0 Å². The third-order valence-electron chi connectivity index (χ3n) is 6.32. The van der Waals surface area contributed by atoms with Crippen molar-refractivity contribution in [3.63, 3.8) is 0 Å². The van der Waals surface area contributed by atoms with Gasteiger partial charge in [-0.2, -0.15) is 13.2 Å². The molecule has 2 atom stereocenters. The average Bonchev–Trinajstić information content (AvgIpc) is 3.56. The second-order valence-corrected chi connectivity index (χ2v) is 9.91. The zero-order valence-electron chi connectivity index (χ0n) is 20.9. The summed E-state index contributed by atoms with van der Waals surface area (Å²) in [7, 11) is 0. The Morgan fingerprint density at radius 2 is 1.77 bits per heavy atom. The summed E-state index contributed by atoms with van der Waals surface area (Å²) in [6.07, 6.45) is 3.87. The molecule has 0 bridgehead atoms. The van der Waals surface area contributed by atoms with E-state index in [0.29, 0.717) is 24.2 Å². The van der Waals surface area contributed by atoms with E-state index in [1.165, 1.54) is 18.6 Å². The fraction of sp³-hybridized carbons (Fsp3) is 0.333. The number of rotatable bonds is 6. The summed E-state index contributed by atoms with van der Waals surface area (Å²) >= 11 is -2.27. The van der Waals surface area contributed by atoms with Gasteiger partial charge in [-0.05, 0) is 85.3 Å². The van der Waals surface area contributed by atoms with Crippen molar-refractivity contribution in [3.8, 4) is 17.0 Å². The number of aliphatic hydroxyl groups is 1. The smallest absolute Gasteiger partial charge is 0.379 e. The fourth-order valence-electron chi connectivity index (χ4n) is 4.10. The Hall–Kier alpha value is -3.32. The Balaban J connectivity index is 0.00000102. The summed E-state index contributed by atoms with van der Waals surface area (Å²) in [5.41, 5.74) is 1.69. The van der Waals surface area contributed by atoms with Gasteiger partial charge in [-0.25, -0.2) is 4.98 Å². The maximum atomic E-state index is 12.9. The van der Waals surface area contributed by atoms with Crippen LogP contribution in [0, 0.1) is 0 Å². The van der Waals surface area contributed by atoms with Crippen molar-refractivity contribution in [3.05, 3.63) is 72.3 Å². The van der Waals surface area contributed by atoms with Crippen LogP contribution in [-0.4, -0.2) is 55.7 Å². The van der Waals surface area contributed by atoms with Crippen LogP contribution in [-0.2, 0) is 21.3 Å². The van der Waals surface area contributed by atoms with Crippen molar-refractivity contribution < 1.29 is 41.2 Å². The second-order valence-electron chi connectivity index (χ2n) is 8.97. The standard InChI is InChI=1S/C21H18N2O4S.C5H11NO.CHF3.3H2/c24-16-8-6-15(7-9-16)21(12-13-21)20(25)23-19-3-1-2-18(22-19)14-4-10-17(11-5-14)28(26)27;7-4-5-2-1-3-6-5;2-1(3)4;;;/h1-11,24H,12-13H2,(H,26,27)(H,22,23,25);5-7H,1-4H2;1H;3*1H/p-1/t;5-;;;;/m.1..../s1. The van der Waals surface area contributed by atoms with Crippen LogP contribution in [0.2, 0.25) is 0 Å². The lowest BCUT2D eigenvalue weighted by molar-refractivity contribution is -0.118. The number of phenols is 1. The molecule has 3 aromatic rings. The number of hydrogen-bond acceptors (Lipinski definition) is 7. The predicted molar refractivity (Wildman–Crippen MR) is 146 cm³/mol. The van der Waals surface area contributed by atoms with Crippen molar-refractivity contribution in [2.45, 2.75) is 48.7 Å². The normalized spacial score (nSPS) is 17.7. The molecule has 2 fully saturated rings. The van der Waals surface area contributed by atoms with Gasteiger partial charge in [0, 0.05) is 20.8 Å². The fourth-order valence-corrected chi connectivity index (χ4v) is 4.46. The van der Waals surface area contributed by atoms with E-state index in [4.69, 9.17) is 5.11 Å². The molecule has 1 unspecified atom stereocenters. The van der Waals surface area contributed by atoms with Crippen LogP contribution in [0.25, 0.3) is 11.3 Å². The quantitative estimate of drug-likeness (QED) is 0.306. The van der Waals surface area contributed by atoms with Gasteiger partial charge in [0.05, 0.1) is 17.7 Å². The summed E-state index contributed by atoms with van der Waals surface area (Å²) in [5.74, 6) is 0.477. The Bertz CT molecular complexity index is 1250. The molecule has 0 spiro atoms. The monoisotopic (exact) mass is 570 g/mol. The topological polar surface area (TPSA) is 135 Å². The number of nitrogens with one attached hydrogen (secondary N) is 2. The van der Waals surface area contributed by atoms with E-state index in [0.717, 1.165) is 36.9 Å². The number of halogens is 3. The molecule has 12 heteroatoms. The van der Waals surface area contributed by atoms with E-state index >= 15 is 0 Å². The lowest BCUT2D eigenvalue weighted by atomic mass is 9.95. The summed E-state index contributed by atoms with van der Waals surface area (Å²) in [5, 5.41) is 24.0. The van der Waals surface area contributed by atoms with Crippen molar-refractivity contribution in [2.24, 2.45) is 0 Å². The number of hydrogen-bond donors (Lipinski definition) is 4. The number of benzene rings is 2. The van der Waals surface area contributed by atoms with Crippen molar-refractivity contribution >= 4 is 22.8 Å². The molecule has 0 radical (unpaired) electrons. The molecule has 1 amide bonds. The summed E-state index contributed by atoms with van der Waals surface area (Å²) in [6, 6.07) is 18.8. The molecule has 5 rings (SSSR count). The summed E-state index contributed by atoms with van der Waals surface area (Å²) < 4.78 is 51.0. The highest BCUT2D eigenvalue weighted by atomic mass is 32.2. The summed E-state index contributed by atoms with van der Waals surface area (Å²) in [6.45, 7) is -2.27. The molecule has 39 heavy (non-hydrogen) atoms. The van der Waals surface area contributed by atoms with Crippen LogP contribution < -0.4 is 10.6 Å². The number of aromatic hydroxyl groups is 1. The third-order valence-corrected chi connectivity index (χ3v) is 6.98. The number of aliphatic hydroxyl groups excluding tert-OH is 1. The van der Waals surface area contributed by atoms with Gasteiger partial charge in [0.1, 0.15) is 11.6 Å². The highest BCUT2D eigenvalue weighted by Gasteiger charge is 2.51. The van der Waals surface area contributed by atoms with Gasteiger partial charge in [-0.1, -0.05) is 30.3 Å². The Kier molecular flexibility index (Phi) is 11.0. The number of amides is 1. The average molecular weight is 571 g/mol. The van der Waals surface area contributed by atoms with Crippen molar-refractivity contribution in [1.82, 2.24) is 10.3 Å². The first kappa shape index (κ1) is 30.2. The summed E-state index contributed by atoms with van der Waals surface area (Å²) in [4.78, 5) is 17.6. The van der Waals surface area contributed by atoms with Crippen LogP contribution >= 0.6 is 0 Å². The maximum Gasteiger partial charge on any atom is 0.379 e. The van der Waals surface area contributed by atoms with E-state index in [9.17, 15) is 31.8 Å². The number of carbonyl (C=O) groups is 1. The number of aromatic nitrogens is 1. The minimum absolute atomic E-state index is 0. The van der Waals surface area contributed by atoms with Crippen LogP contribution in [0.1, 0.15) is 35.5 Å². The minimum atomic E-state index is -3.67. The number of pyridine rings is 1. The highest BCUT2D eigenvalue weighted by molar-refractivity contribution is 7.79. The molecule has 8 nitrogen and oxygen atoms in total. The van der Waals surface area contributed by atoms with Crippen LogP contribution in [0.5, 0.6) is 5.75 Å². The Morgan fingerprint density at radius 3 is 2.26 bits per heavy atom. The zero-order valence-corrected chi connectivity index (χ0v) is 21.7. The molecule has 1 aromatic heterocycles. The Labute approximate surface area is 231 Å². The van der Waals surface area contributed by atoms with Gasteiger partial charge in [0.15, 0.2) is 0 Å². The van der Waals surface area contributed by atoms with E-state index in [1.807, 2.05) is 0 Å². The molecule has 216 valence electrons. The highest BCUT2D eigenvalue weighted by Crippen LogP contribution is 2.49. The number of carbonyl (C=O) groups excluding carboxylic acids is 1. The molecular weight excluding hydrogens is 535 g/mol. The lowest BCUT2D eigenvalue weighted by Gasteiger charge is -2.16. The zero-order chi connectivity index (χ0) is 28.4. The SMILES string of the molecule is FC(F)F.O=C(Nc1cccc(-c2ccc(S(=O)[O-])cc2)n1)C1(c2ccc(O)cc2)CC1.OC[C@H]1CCCN1.[HH].[HH].[HH]. The van der Waals surface area contributed by atoms with Gasteiger partial charge < -0.3 is 25.4 Å². The van der Waals surface area contributed by atoms with Crippen molar-refractivity contribution in [2.75, 3.05) is 18.5 Å². The number of phenolic OH excluding ortho intramolecular Hbond substituents is 1. The second kappa shape index (κ2) is 14.2. The van der Waals surface area contributed by atoms with Gasteiger partial charge >= 0.3 is 6.68 Å². The minimum Gasteiger partial charge on any atom is -0.768 e. The molecule has 1 aliphatic carbocycles. The molecule has 2 aliphatic rings. The van der Waals surface area contributed by atoms with E-state index in [-0.39, 0.29) is 20.8 Å². The van der Waals surface area contributed by atoms with E-state index in [2.05, 4.69) is 15.6 Å². The molecule has 1 saturated carbocycles. The first-order valence-corrected chi connectivity index (χ1v) is 13.3. The molecule has 2 aromatic carbocycles. The molecule has 2 heterocycles. The van der Waals surface area contributed by atoms with Crippen molar-refractivity contribution in [1.29, 1.82) is 0 Å². The van der Waals surface area contributed by atoms with E-state index in [1.54, 1.807) is 54.6 Å². The molecular formula is C27H35F3N3O5S-. The van der Waals surface area contributed by atoms with Gasteiger partial charge in [-0.3, -0.25) is 9.00 Å². The van der Waals surface area contributed by atoms with Gasteiger partial charge in [0.25, 0.3) is 0 Å². The first-order chi connectivity index (χ1) is 18.6. The predicted octanol–water partition coefficient (Wildman–Crippen LogP) is 5.01. The van der Waals surface area contributed by atoms with E-state index < -0.39 is 23.2 Å². The molecule has 1 saturated heterocycles. The molecule has 1 aliphatic heterocycles. The number of alkyl halides is 3. The Morgan fingerprint density at radius 1 is 1.13 bits per heavy atom. The first-order valence-electron chi connectivity index (χ1n) is 12.2. The van der Waals surface area contributed by atoms with Crippen LogP contribution in [0.3, 0.4) is 0 Å². The van der Waals surface area contributed by atoms with Crippen LogP contribution in [0.15, 0.2) is 71.6 Å². The number of anilines is 1. The lowest BCUT2D eigenvalue weighted by Crippen LogP contribution is -2.28. The number of nitrogens with zero attached hydrogens (tertiary/aromatic N) is 1. The van der Waals surface area contributed by atoms with Gasteiger partial charge in [-0.15, -0.1) is 0 Å².